The number of fused-ring (bicyclic) bond motifs is 1. The number of carbonyl (C=O) groups excluding carboxylic acids is 2. The second-order valence-corrected chi connectivity index (χ2v) is 8.63. The molecule has 0 spiro atoms. The van der Waals surface area contributed by atoms with E-state index in [1.54, 1.807) is 0 Å². The van der Waals surface area contributed by atoms with Crippen LogP contribution >= 0.6 is 0 Å². The molecule has 2 aromatic rings. The molecule has 1 heterocycles. The molecule has 1 unspecified atom stereocenters. The summed E-state index contributed by atoms with van der Waals surface area (Å²) in [4.78, 5) is 30.0. The average molecular weight is 421 g/mol. The predicted octanol–water partition coefficient (Wildman–Crippen LogP) is 4.93. The van der Waals surface area contributed by atoms with E-state index in [4.69, 9.17) is 4.52 Å². The second-order valence-electron chi connectivity index (χ2n) is 8.63. The first kappa shape index (κ1) is 21.2. The van der Waals surface area contributed by atoms with Crippen LogP contribution < -0.4 is 0 Å². The Morgan fingerprint density at radius 3 is 2.68 bits per heavy atom. The Balaban J connectivity index is 1.58. The fourth-order valence-corrected chi connectivity index (χ4v) is 4.53. The molecule has 31 heavy (non-hydrogen) atoms. The Kier molecular flexibility index (Phi) is 6.16. The van der Waals surface area contributed by atoms with E-state index in [0.717, 1.165) is 12.0 Å². The van der Waals surface area contributed by atoms with E-state index in [1.165, 1.54) is 0 Å². The van der Waals surface area contributed by atoms with Gasteiger partial charge in [-0.15, -0.1) is 0 Å². The van der Waals surface area contributed by atoms with E-state index in [0.29, 0.717) is 60.4 Å². The fraction of sp³-hybridized carbons (Fsp3) is 0.440. The standard InChI is InChI=1S/C25H28N2O4/c1-15(2)26-19-13-17(16-7-4-3-5-8-16)14-22(30)24(19)21(29)12-11-18-25-20(28)9-6-10-23(25)31-27-18/h3-5,7-8,15,17,29H,6,9-14H2,1-2H3. The number of ketones is 2. The summed E-state index contributed by atoms with van der Waals surface area (Å²) in [5.41, 5.74) is 3.25. The third kappa shape index (κ3) is 4.53. The van der Waals surface area contributed by atoms with Crippen LogP contribution in [0, 0.1) is 0 Å². The average Bonchev–Trinajstić information content (AvgIpc) is 3.16. The molecular weight excluding hydrogens is 392 g/mol. The zero-order chi connectivity index (χ0) is 22.0. The molecule has 162 valence electrons. The maximum absolute atomic E-state index is 13.1. The number of allylic oxidation sites excluding steroid dienone is 2. The number of Topliss-reactive ketones (excluding diaryl/α,β-unsaturated/α-hetero) is 2. The van der Waals surface area contributed by atoms with Gasteiger partial charge in [-0.3, -0.25) is 14.6 Å². The van der Waals surface area contributed by atoms with Crippen LogP contribution in [-0.2, 0) is 17.6 Å². The maximum Gasteiger partial charge on any atom is 0.168 e. The lowest BCUT2D eigenvalue weighted by atomic mass is 9.78. The zero-order valence-electron chi connectivity index (χ0n) is 18.1. The number of benzene rings is 1. The first-order valence-electron chi connectivity index (χ1n) is 11.0. The van der Waals surface area contributed by atoms with Crippen molar-refractivity contribution in [2.75, 3.05) is 0 Å². The van der Waals surface area contributed by atoms with Crippen molar-refractivity contribution in [1.82, 2.24) is 5.16 Å². The van der Waals surface area contributed by atoms with Crippen LogP contribution in [0.15, 0.2) is 51.2 Å². The van der Waals surface area contributed by atoms with Crippen LogP contribution in [0.3, 0.4) is 0 Å². The fourth-order valence-electron chi connectivity index (χ4n) is 4.53. The summed E-state index contributed by atoms with van der Waals surface area (Å²) in [6.07, 6.45) is 3.53. The van der Waals surface area contributed by atoms with Gasteiger partial charge in [0, 0.05) is 43.9 Å². The van der Waals surface area contributed by atoms with Crippen LogP contribution in [-0.4, -0.2) is 33.6 Å². The second kappa shape index (κ2) is 9.00. The van der Waals surface area contributed by atoms with Gasteiger partial charge in [0.1, 0.15) is 11.5 Å². The lowest BCUT2D eigenvalue weighted by molar-refractivity contribution is -0.116. The summed E-state index contributed by atoms with van der Waals surface area (Å²) in [5.74, 6) is 0.681. The molecule has 0 aliphatic heterocycles. The summed E-state index contributed by atoms with van der Waals surface area (Å²) in [6, 6.07) is 9.99. The summed E-state index contributed by atoms with van der Waals surface area (Å²) in [6.45, 7) is 3.93. The molecule has 1 aromatic heterocycles. The van der Waals surface area contributed by atoms with Gasteiger partial charge in [-0.2, -0.15) is 0 Å². The van der Waals surface area contributed by atoms with Crippen molar-refractivity contribution in [2.45, 2.75) is 70.8 Å². The lowest BCUT2D eigenvalue weighted by Crippen LogP contribution is -2.27. The summed E-state index contributed by atoms with van der Waals surface area (Å²) in [5, 5.41) is 14.9. The minimum Gasteiger partial charge on any atom is -0.511 e. The molecule has 2 aliphatic rings. The minimum atomic E-state index is -0.0877. The van der Waals surface area contributed by atoms with Gasteiger partial charge in [0.25, 0.3) is 0 Å². The third-order valence-electron chi connectivity index (χ3n) is 5.93. The van der Waals surface area contributed by atoms with Crippen molar-refractivity contribution in [3.05, 3.63) is 64.2 Å². The molecule has 4 rings (SSSR count). The summed E-state index contributed by atoms with van der Waals surface area (Å²) >= 11 is 0. The largest absolute Gasteiger partial charge is 0.511 e. The lowest BCUT2D eigenvalue weighted by Gasteiger charge is -2.26. The minimum absolute atomic E-state index is 0.0142. The first-order chi connectivity index (χ1) is 14.9. The van der Waals surface area contributed by atoms with Gasteiger partial charge in [-0.1, -0.05) is 35.5 Å². The van der Waals surface area contributed by atoms with Gasteiger partial charge in [-0.25, -0.2) is 0 Å². The Morgan fingerprint density at radius 1 is 1.16 bits per heavy atom. The van der Waals surface area contributed by atoms with E-state index in [1.807, 2.05) is 44.2 Å². The molecule has 1 saturated carbocycles. The van der Waals surface area contributed by atoms with Crippen LogP contribution in [0.25, 0.3) is 0 Å². The first-order valence-corrected chi connectivity index (χ1v) is 11.0. The molecule has 0 bridgehead atoms. The van der Waals surface area contributed by atoms with E-state index in [-0.39, 0.29) is 35.7 Å². The highest BCUT2D eigenvalue weighted by Crippen LogP contribution is 2.34. The number of nitrogens with zero attached hydrogens (tertiary/aromatic N) is 2. The number of aromatic nitrogens is 1. The highest BCUT2D eigenvalue weighted by Gasteiger charge is 2.33. The van der Waals surface area contributed by atoms with Crippen LogP contribution in [0.4, 0.5) is 0 Å². The van der Waals surface area contributed by atoms with Crippen LogP contribution in [0.2, 0.25) is 0 Å². The Labute approximate surface area is 182 Å². The molecule has 0 radical (unpaired) electrons. The number of aliphatic hydroxyl groups is 1. The molecule has 1 aromatic carbocycles. The maximum atomic E-state index is 13.1. The molecule has 1 fully saturated rings. The molecular formula is C25H28N2O4. The van der Waals surface area contributed by atoms with E-state index in [9.17, 15) is 14.7 Å². The predicted molar refractivity (Wildman–Crippen MR) is 118 cm³/mol. The van der Waals surface area contributed by atoms with E-state index >= 15 is 0 Å². The van der Waals surface area contributed by atoms with Crippen molar-refractivity contribution in [1.29, 1.82) is 0 Å². The Morgan fingerprint density at radius 2 is 1.94 bits per heavy atom. The number of hydrogen-bond donors (Lipinski definition) is 1. The molecule has 0 amide bonds. The van der Waals surface area contributed by atoms with Gasteiger partial charge in [0.05, 0.1) is 16.8 Å². The van der Waals surface area contributed by atoms with Crippen LogP contribution in [0.1, 0.15) is 79.2 Å². The van der Waals surface area contributed by atoms with Crippen molar-refractivity contribution in [3.63, 3.8) is 0 Å². The quantitative estimate of drug-likeness (QED) is 0.547. The van der Waals surface area contributed by atoms with E-state index in [2.05, 4.69) is 10.1 Å². The van der Waals surface area contributed by atoms with Crippen molar-refractivity contribution >= 4 is 17.3 Å². The summed E-state index contributed by atoms with van der Waals surface area (Å²) < 4.78 is 5.33. The van der Waals surface area contributed by atoms with Gasteiger partial charge in [-0.05, 0) is 38.2 Å². The normalized spacial score (nSPS) is 22.2. The number of rotatable bonds is 5. The monoisotopic (exact) mass is 420 g/mol. The van der Waals surface area contributed by atoms with Crippen LogP contribution in [0.5, 0.6) is 0 Å². The Hall–Kier alpha value is -3.02. The highest BCUT2D eigenvalue weighted by atomic mass is 16.5. The molecule has 2 aliphatic carbocycles. The summed E-state index contributed by atoms with van der Waals surface area (Å²) in [7, 11) is 0. The molecule has 6 heteroatoms. The third-order valence-corrected chi connectivity index (χ3v) is 5.93. The smallest absolute Gasteiger partial charge is 0.168 e. The van der Waals surface area contributed by atoms with Crippen molar-refractivity contribution < 1.29 is 19.2 Å². The molecule has 6 nitrogen and oxygen atoms in total. The molecule has 1 atom stereocenters. The van der Waals surface area contributed by atoms with Crippen molar-refractivity contribution in [2.24, 2.45) is 4.99 Å². The SMILES string of the molecule is CC(C)N=C1CC(c2ccccc2)CC(=O)C1=C(O)CCc1noc2c1C(=O)CCC2. The Bertz CT molecular complexity index is 1050. The number of aryl methyl sites for hydroxylation is 2. The zero-order valence-corrected chi connectivity index (χ0v) is 18.1. The van der Waals surface area contributed by atoms with Gasteiger partial charge >= 0.3 is 0 Å². The van der Waals surface area contributed by atoms with E-state index < -0.39 is 0 Å². The number of hydrogen-bond acceptors (Lipinski definition) is 6. The number of carbonyl (C=O) groups is 2. The highest BCUT2D eigenvalue weighted by molar-refractivity contribution is 6.24. The molecule has 1 N–H and O–H groups in total. The number of aliphatic imine (C=N–C) groups is 1. The van der Waals surface area contributed by atoms with Gasteiger partial charge < -0.3 is 9.63 Å². The number of aliphatic hydroxyl groups excluding tert-OH is 1. The topological polar surface area (TPSA) is 92.8 Å². The van der Waals surface area contributed by atoms with Gasteiger partial charge in [0.15, 0.2) is 11.6 Å². The van der Waals surface area contributed by atoms with Gasteiger partial charge in [0.2, 0.25) is 0 Å². The van der Waals surface area contributed by atoms with Crippen molar-refractivity contribution in [3.8, 4) is 0 Å². The molecule has 0 saturated heterocycles.